The van der Waals surface area contributed by atoms with Gasteiger partial charge in [0.2, 0.25) is 10.0 Å². The third-order valence-electron chi connectivity index (χ3n) is 8.33. The van der Waals surface area contributed by atoms with Crippen molar-refractivity contribution in [3.63, 3.8) is 0 Å². The van der Waals surface area contributed by atoms with Crippen LogP contribution in [-0.4, -0.2) is 60.4 Å². The Hall–Kier alpha value is -2.20. The van der Waals surface area contributed by atoms with E-state index in [1.165, 1.54) is 37.0 Å². The highest BCUT2D eigenvalue weighted by Crippen LogP contribution is 2.38. The summed E-state index contributed by atoms with van der Waals surface area (Å²) in [6, 6.07) is 6.98. The Morgan fingerprint density at radius 1 is 1.11 bits per heavy atom. The molecule has 1 aliphatic heterocycles. The van der Waals surface area contributed by atoms with Gasteiger partial charge in [0, 0.05) is 42.1 Å². The number of carbonyl (C=O) groups excluding carboxylic acids is 1. The fourth-order valence-corrected chi connectivity index (χ4v) is 8.18. The van der Waals surface area contributed by atoms with Gasteiger partial charge in [-0.1, -0.05) is 19.3 Å². The van der Waals surface area contributed by atoms with Gasteiger partial charge in [-0.2, -0.15) is 0 Å². The van der Waals surface area contributed by atoms with E-state index in [-0.39, 0.29) is 11.7 Å². The molecule has 1 amide bonds. The molecule has 2 aromatic heterocycles. The topological polar surface area (TPSA) is 99.5 Å². The lowest BCUT2D eigenvalue weighted by Crippen LogP contribution is -2.38. The number of carbonyl (C=O) groups is 1. The molecule has 1 saturated heterocycles. The standard InChI is InChI=1S/C28H38N4O3S2/c1-3-37(34,35)32-11-9-19(10-12-32)26-16-30-27-24(26)14-20(15-25(27)28(29)33)21-13-23(36-18-21)17-31(2)22-7-5-4-6-8-22/h13-16,18-19,22,30H,3-12,17H2,1-2H3,(H2,29,33). The molecule has 2 aliphatic rings. The van der Waals surface area contributed by atoms with Gasteiger partial charge in [-0.15, -0.1) is 11.3 Å². The average Bonchev–Trinajstić information content (AvgIpc) is 3.56. The highest BCUT2D eigenvalue weighted by molar-refractivity contribution is 7.89. The zero-order valence-corrected chi connectivity index (χ0v) is 23.5. The minimum absolute atomic E-state index is 0.134. The van der Waals surface area contributed by atoms with Crippen LogP contribution >= 0.6 is 11.3 Å². The number of nitrogens with one attached hydrogen (secondary N) is 1. The number of primary amides is 1. The molecule has 1 saturated carbocycles. The maximum atomic E-state index is 12.4. The van der Waals surface area contributed by atoms with Gasteiger partial charge in [-0.3, -0.25) is 9.69 Å². The molecule has 0 unspecified atom stereocenters. The van der Waals surface area contributed by atoms with E-state index in [1.54, 1.807) is 22.6 Å². The van der Waals surface area contributed by atoms with Crippen molar-refractivity contribution >= 4 is 38.2 Å². The molecule has 7 nitrogen and oxygen atoms in total. The highest BCUT2D eigenvalue weighted by Gasteiger charge is 2.29. The minimum atomic E-state index is -3.17. The minimum Gasteiger partial charge on any atom is -0.366 e. The smallest absolute Gasteiger partial charge is 0.250 e. The number of benzene rings is 1. The van der Waals surface area contributed by atoms with E-state index < -0.39 is 15.9 Å². The molecule has 0 bridgehead atoms. The molecule has 9 heteroatoms. The van der Waals surface area contributed by atoms with Crippen LogP contribution in [0.5, 0.6) is 0 Å². The second kappa shape index (κ2) is 10.9. The van der Waals surface area contributed by atoms with Crippen LogP contribution in [0.1, 0.15) is 78.6 Å². The number of hydrogen-bond donors (Lipinski definition) is 2. The van der Waals surface area contributed by atoms with Gasteiger partial charge in [0.1, 0.15) is 0 Å². The van der Waals surface area contributed by atoms with Gasteiger partial charge in [0.25, 0.3) is 5.91 Å². The van der Waals surface area contributed by atoms with Gasteiger partial charge in [0.15, 0.2) is 0 Å². The summed E-state index contributed by atoms with van der Waals surface area (Å²) in [6.45, 7) is 3.68. The number of hydrogen-bond acceptors (Lipinski definition) is 5. The van der Waals surface area contributed by atoms with Crippen molar-refractivity contribution in [2.75, 3.05) is 25.9 Å². The molecule has 3 heterocycles. The Bertz CT molecular complexity index is 1360. The van der Waals surface area contributed by atoms with Crippen LogP contribution < -0.4 is 5.73 Å². The molecule has 0 spiro atoms. The molecule has 0 radical (unpaired) electrons. The Morgan fingerprint density at radius 3 is 2.51 bits per heavy atom. The molecule has 200 valence electrons. The van der Waals surface area contributed by atoms with Gasteiger partial charge in [0.05, 0.1) is 16.8 Å². The molecule has 3 aromatic rings. The van der Waals surface area contributed by atoms with E-state index in [0.29, 0.717) is 24.7 Å². The lowest BCUT2D eigenvalue weighted by atomic mass is 9.88. The fourth-order valence-electron chi connectivity index (χ4n) is 6.09. The molecule has 0 atom stereocenters. The van der Waals surface area contributed by atoms with Crippen LogP contribution in [-0.2, 0) is 16.6 Å². The zero-order chi connectivity index (χ0) is 26.2. The summed E-state index contributed by atoms with van der Waals surface area (Å²) in [4.78, 5) is 19.5. The quantitative estimate of drug-likeness (QED) is 0.404. The van der Waals surface area contributed by atoms with Crippen molar-refractivity contribution in [1.82, 2.24) is 14.2 Å². The molecular formula is C28H38N4O3S2. The SMILES string of the molecule is CCS(=O)(=O)N1CCC(c2c[nH]c3c(C(N)=O)cc(-c4csc(CN(C)C5CCCCC5)c4)cc23)CC1. The first-order valence-corrected chi connectivity index (χ1v) is 16.0. The van der Waals surface area contributed by atoms with Crippen molar-refractivity contribution in [2.24, 2.45) is 5.73 Å². The van der Waals surface area contributed by atoms with Crippen LogP contribution in [0.15, 0.2) is 29.8 Å². The molecule has 1 aromatic carbocycles. The van der Waals surface area contributed by atoms with Gasteiger partial charge < -0.3 is 10.7 Å². The summed E-state index contributed by atoms with van der Waals surface area (Å²) in [6.07, 6.45) is 10.1. The summed E-state index contributed by atoms with van der Waals surface area (Å²) < 4.78 is 26.2. The van der Waals surface area contributed by atoms with E-state index in [9.17, 15) is 13.2 Å². The summed E-state index contributed by atoms with van der Waals surface area (Å²) in [5, 5.41) is 3.19. The van der Waals surface area contributed by atoms with Gasteiger partial charge >= 0.3 is 0 Å². The van der Waals surface area contributed by atoms with E-state index in [1.807, 2.05) is 12.3 Å². The molecule has 1 aliphatic carbocycles. The number of piperidine rings is 1. The number of thiophene rings is 1. The third-order valence-corrected chi connectivity index (χ3v) is 11.1. The second-order valence-corrected chi connectivity index (χ2v) is 13.9. The number of rotatable bonds is 8. The van der Waals surface area contributed by atoms with E-state index in [4.69, 9.17) is 5.73 Å². The van der Waals surface area contributed by atoms with Gasteiger partial charge in [-0.25, -0.2) is 12.7 Å². The summed E-state index contributed by atoms with van der Waals surface area (Å²) in [7, 11) is -0.937. The molecule has 37 heavy (non-hydrogen) atoms. The number of aromatic amines is 1. The normalized spacial score (nSPS) is 18.7. The largest absolute Gasteiger partial charge is 0.366 e. The lowest BCUT2D eigenvalue weighted by molar-refractivity contribution is 0.100. The van der Waals surface area contributed by atoms with Crippen molar-refractivity contribution in [2.45, 2.75) is 70.4 Å². The Balaban J connectivity index is 1.41. The van der Waals surface area contributed by atoms with Crippen molar-refractivity contribution < 1.29 is 13.2 Å². The predicted molar refractivity (Wildman–Crippen MR) is 151 cm³/mol. The van der Waals surface area contributed by atoms with Crippen LogP contribution in [0, 0.1) is 0 Å². The van der Waals surface area contributed by atoms with E-state index in [0.717, 1.165) is 47.0 Å². The number of amides is 1. The van der Waals surface area contributed by atoms with Crippen molar-refractivity contribution in [3.8, 4) is 11.1 Å². The first-order chi connectivity index (χ1) is 17.8. The summed E-state index contributed by atoms with van der Waals surface area (Å²) in [5.41, 5.74) is 10.3. The van der Waals surface area contributed by atoms with Crippen molar-refractivity contribution in [1.29, 1.82) is 0 Å². The van der Waals surface area contributed by atoms with E-state index >= 15 is 0 Å². The molecule has 2 fully saturated rings. The number of sulfonamides is 1. The summed E-state index contributed by atoms with van der Waals surface area (Å²) in [5.74, 6) is -0.0818. The highest BCUT2D eigenvalue weighted by atomic mass is 32.2. The summed E-state index contributed by atoms with van der Waals surface area (Å²) >= 11 is 1.77. The number of nitrogens with two attached hydrogens (primary N) is 1. The zero-order valence-electron chi connectivity index (χ0n) is 21.8. The maximum absolute atomic E-state index is 12.4. The molecule has 5 rings (SSSR count). The monoisotopic (exact) mass is 542 g/mol. The Labute approximate surface area is 224 Å². The fraction of sp³-hybridized carbons (Fsp3) is 0.536. The van der Waals surface area contributed by atoms with E-state index in [2.05, 4.69) is 34.4 Å². The van der Waals surface area contributed by atoms with Crippen LogP contribution in [0.2, 0.25) is 0 Å². The average molecular weight is 543 g/mol. The predicted octanol–water partition coefficient (Wildman–Crippen LogP) is 5.29. The Kier molecular flexibility index (Phi) is 7.77. The Morgan fingerprint density at radius 2 is 1.84 bits per heavy atom. The maximum Gasteiger partial charge on any atom is 0.250 e. The number of fused-ring (bicyclic) bond motifs is 1. The number of nitrogens with zero attached hydrogens (tertiary/aromatic N) is 2. The van der Waals surface area contributed by atoms with Crippen LogP contribution in [0.25, 0.3) is 22.0 Å². The lowest BCUT2D eigenvalue weighted by Gasteiger charge is -2.31. The molecule has 3 N–H and O–H groups in total. The van der Waals surface area contributed by atoms with Crippen LogP contribution in [0.4, 0.5) is 0 Å². The third kappa shape index (κ3) is 5.50. The first-order valence-electron chi connectivity index (χ1n) is 13.5. The second-order valence-electron chi connectivity index (χ2n) is 10.6. The number of H-pyrrole nitrogens is 1. The molecular weight excluding hydrogens is 504 g/mol. The first kappa shape index (κ1) is 26.4. The number of aromatic nitrogens is 1. The van der Waals surface area contributed by atoms with Gasteiger partial charge in [-0.05, 0) is 85.8 Å². The van der Waals surface area contributed by atoms with Crippen LogP contribution in [0.3, 0.4) is 0 Å². The van der Waals surface area contributed by atoms with Crippen molar-refractivity contribution in [3.05, 3.63) is 45.8 Å².